The van der Waals surface area contributed by atoms with Gasteiger partial charge in [0, 0.05) is 37.4 Å². The molecule has 2 aromatic rings. The summed E-state index contributed by atoms with van der Waals surface area (Å²) < 4.78 is 1.90. The predicted molar refractivity (Wildman–Crippen MR) is 97.7 cm³/mol. The third-order valence-corrected chi connectivity index (χ3v) is 5.61. The van der Waals surface area contributed by atoms with Gasteiger partial charge in [-0.3, -0.25) is 4.79 Å². The van der Waals surface area contributed by atoms with Gasteiger partial charge in [-0.05, 0) is 38.7 Å². The molecule has 4 rings (SSSR count). The summed E-state index contributed by atoms with van der Waals surface area (Å²) in [6.45, 7) is 3.85. The van der Waals surface area contributed by atoms with Crippen LogP contribution in [0.4, 0.5) is 5.82 Å². The monoisotopic (exact) mass is 341 g/mol. The van der Waals surface area contributed by atoms with Gasteiger partial charge in [-0.1, -0.05) is 19.3 Å². The Kier molecular flexibility index (Phi) is 4.59. The minimum atomic E-state index is 0.247. The van der Waals surface area contributed by atoms with Crippen LogP contribution in [-0.2, 0) is 4.79 Å². The third kappa shape index (κ3) is 3.48. The quantitative estimate of drug-likeness (QED) is 0.932. The van der Waals surface area contributed by atoms with Crippen molar-refractivity contribution in [3.05, 3.63) is 24.2 Å². The predicted octanol–water partition coefficient (Wildman–Crippen LogP) is 2.70. The average Bonchev–Trinajstić information content (AvgIpc) is 3.03. The summed E-state index contributed by atoms with van der Waals surface area (Å²) in [4.78, 5) is 19.3. The molecule has 1 saturated carbocycles. The molecule has 1 aliphatic heterocycles. The Labute approximate surface area is 148 Å². The van der Waals surface area contributed by atoms with Crippen molar-refractivity contribution in [3.63, 3.8) is 0 Å². The molecule has 25 heavy (non-hydrogen) atoms. The number of carbonyl (C=O) groups excluding carboxylic acids is 1. The van der Waals surface area contributed by atoms with Gasteiger partial charge in [-0.25, -0.2) is 9.50 Å². The van der Waals surface area contributed by atoms with Crippen LogP contribution in [0, 0.1) is 12.8 Å². The first-order valence-corrected chi connectivity index (χ1v) is 9.57. The van der Waals surface area contributed by atoms with Gasteiger partial charge in [-0.2, -0.15) is 5.10 Å². The molecule has 6 nitrogen and oxygen atoms in total. The van der Waals surface area contributed by atoms with Crippen molar-refractivity contribution in [3.8, 4) is 0 Å². The van der Waals surface area contributed by atoms with Gasteiger partial charge < -0.3 is 10.2 Å². The maximum absolute atomic E-state index is 12.4. The molecular formula is C19H27N5O. The van der Waals surface area contributed by atoms with Crippen LogP contribution < -0.4 is 10.2 Å². The lowest BCUT2D eigenvalue weighted by molar-refractivity contribution is -0.126. The third-order valence-electron chi connectivity index (χ3n) is 5.61. The Balaban J connectivity index is 1.37. The number of amides is 1. The highest BCUT2D eigenvalue weighted by Crippen LogP contribution is 2.26. The summed E-state index contributed by atoms with van der Waals surface area (Å²) in [6, 6.07) is 2.39. The zero-order valence-corrected chi connectivity index (χ0v) is 14.9. The van der Waals surface area contributed by atoms with Crippen molar-refractivity contribution in [2.24, 2.45) is 5.92 Å². The van der Waals surface area contributed by atoms with E-state index < -0.39 is 0 Å². The molecule has 2 aromatic heterocycles. The lowest BCUT2D eigenvalue weighted by Gasteiger charge is -2.34. The number of piperidine rings is 1. The van der Waals surface area contributed by atoms with Crippen molar-refractivity contribution in [2.45, 2.75) is 57.9 Å². The number of hydrogen-bond acceptors (Lipinski definition) is 4. The zero-order chi connectivity index (χ0) is 17.2. The first kappa shape index (κ1) is 16.4. The molecule has 1 aliphatic carbocycles. The van der Waals surface area contributed by atoms with Crippen LogP contribution >= 0.6 is 0 Å². The van der Waals surface area contributed by atoms with E-state index in [1.807, 2.05) is 23.8 Å². The van der Waals surface area contributed by atoms with Crippen molar-refractivity contribution < 1.29 is 4.79 Å². The molecule has 0 atom stereocenters. The summed E-state index contributed by atoms with van der Waals surface area (Å²) in [5.41, 5.74) is 2.06. The highest BCUT2D eigenvalue weighted by atomic mass is 16.1. The average molecular weight is 341 g/mol. The van der Waals surface area contributed by atoms with E-state index >= 15 is 0 Å². The summed E-state index contributed by atoms with van der Waals surface area (Å²) in [5.74, 6) is 1.53. The van der Waals surface area contributed by atoms with Crippen LogP contribution in [0.15, 0.2) is 18.5 Å². The second-order valence-electron chi connectivity index (χ2n) is 7.47. The van der Waals surface area contributed by atoms with Gasteiger partial charge in [0.15, 0.2) is 5.82 Å². The second-order valence-corrected chi connectivity index (χ2v) is 7.47. The number of hydrogen-bond donors (Lipinski definition) is 1. The van der Waals surface area contributed by atoms with E-state index in [2.05, 4.69) is 26.4 Å². The van der Waals surface area contributed by atoms with Gasteiger partial charge >= 0.3 is 0 Å². The summed E-state index contributed by atoms with van der Waals surface area (Å²) in [5, 5.41) is 7.77. The molecule has 134 valence electrons. The van der Waals surface area contributed by atoms with Crippen molar-refractivity contribution in [1.82, 2.24) is 19.9 Å². The minimum absolute atomic E-state index is 0.247. The maximum Gasteiger partial charge on any atom is 0.223 e. The van der Waals surface area contributed by atoms with Crippen LogP contribution in [0.25, 0.3) is 5.52 Å². The number of aromatic nitrogens is 3. The normalized spacial score (nSPS) is 20.1. The maximum atomic E-state index is 12.4. The van der Waals surface area contributed by atoms with E-state index in [1.165, 1.54) is 19.3 Å². The minimum Gasteiger partial charge on any atom is -0.355 e. The molecule has 3 heterocycles. The van der Waals surface area contributed by atoms with Gasteiger partial charge in [-0.15, -0.1) is 0 Å². The lowest BCUT2D eigenvalue weighted by atomic mass is 9.88. The fourth-order valence-corrected chi connectivity index (χ4v) is 4.19. The molecule has 1 N–H and O–H groups in total. The van der Waals surface area contributed by atoms with E-state index in [0.29, 0.717) is 6.04 Å². The van der Waals surface area contributed by atoms with Gasteiger partial charge in [0.05, 0.1) is 5.69 Å². The first-order chi connectivity index (χ1) is 12.2. The fraction of sp³-hybridized carbons (Fsp3) is 0.632. The molecule has 0 radical (unpaired) electrons. The molecular weight excluding hydrogens is 314 g/mol. The molecule has 0 spiro atoms. The van der Waals surface area contributed by atoms with E-state index in [9.17, 15) is 4.79 Å². The lowest BCUT2D eigenvalue weighted by Crippen LogP contribution is -2.46. The number of nitrogens with one attached hydrogen (secondary N) is 1. The number of nitrogens with zero attached hydrogens (tertiary/aromatic N) is 4. The van der Waals surface area contributed by atoms with Crippen molar-refractivity contribution in [2.75, 3.05) is 18.0 Å². The van der Waals surface area contributed by atoms with E-state index in [4.69, 9.17) is 0 Å². The van der Waals surface area contributed by atoms with Gasteiger partial charge in [0.1, 0.15) is 5.52 Å². The molecule has 0 unspecified atom stereocenters. The summed E-state index contributed by atoms with van der Waals surface area (Å²) in [7, 11) is 0. The number of rotatable bonds is 3. The molecule has 1 saturated heterocycles. The molecule has 6 heteroatoms. The highest BCUT2D eigenvalue weighted by molar-refractivity contribution is 5.79. The topological polar surface area (TPSA) is 62.5 Å². The number of anilines is 1. The van der Waals surface area contributed by atoms with E-state index in [1.54, 1.807) is 0 Å². The van der Waals surface area contributed by atoms with Crippen LogP contribution in [0.1, 0.15) is 50.6 Å². The van der Waals surface area contributed by atoms with Gasteiger partial charge in [0.2, 0.25) is 5.91 Å². The Morgan fingerprint density at radius 1 is 1.16 bits per heavy atom. The zero-order valence-electron chi connectivity index (χ0n) is 14.9. The fourth-order valence-electron chi connectivity index (χ4n) is 4.19. The van der Waals surface area contributed by atoms with Crippen LogP contribution in [0.2, 0.25) is 0 Å². The number of carbonyl (C=O) groups is 1. The Morgan fingerprint density at radius 3 is 2.68 bits per heavy atom. The van der Waals surface area contributed by atoms with E-state index in [-0.39, 0.29) is 11.8 Å². The van der Waals surface area contributed by atoms with Crippen molar-refractivity contribution >= 4 is 17.2 Å². The Bertz CT molecular complexity index is 741. The molecule has 0 aromatic carbocycles. The molecule has 2 aliphatic rings. The number of aryl methyl sites for hydroxylation is 1. The van der Waals surface area contributed by atoms with Crippen LogP contribution in [-0.4, -0.2) is 39.6 Å². The first-order valence-electron chi connectivity index (χ1n) is 9.57. The SMILES string of the molecule is Cc1cc2c(N3CCC(NC(=O)C4CCCCC4)CC3)nccn2n1. The summed E-state index contributed by atoms with van der Waals surface area (Å²) >= 11 is 0. The Hall–Kier alpha value is -2.11. The van der Waals surface area contributed by atoms with Crippen LogP contribution in [0.5, 0.6) is 0 Å². The van der Waals surface area contributed by atoms with Gasteiger partial charge in [0.25, 0.3) is 0 Å². The number of fused-ring (bicyclic) bond motifs is 1. The van der Waals surface area contributed by atoms with Crippen molar-refractivity contribution in [1.29, 1.82) is 0 Å². The molecule has 2 fully saturated rings. The second kappa shape index (κ2) is 7.02. The van der Waals surface area contributed by atoms with E-state index in [0.717, 1.165) is 55.8 Å². The summed E-state index contributed by atoms with van der Waals surface area (Å²) in [6.07, 6.45) is 11.5. The highest BCUT2D eigenvalue weighted by Gasteiger charge is 2.26. The molecule has 1 amide bonds. The smallest absolute Gasteiger partial charge is 0.223 e. The standard InChI is InChI=1S/C19H27N5O/c1-14-13-17-18(20-9-12-24(17)22-14)23-10-7-16(8-11-23)21-19(25)15-5-3-2-4-6-15/h9,12-13,15-16H,2-8,10-11H2,1H3,(H,21,25). The largest absolute Gasteiger partial charge is 0.355 e. The van der Waals surface area contributed by atoms with Crippen LogP contribution in [0.3, 0.4) is 0 Å². The Morgan fingerprint density at radius 2 is 1.92 bits per heavy atom. The molecule has 0 bridgehead atoms.